The molecule has 96 valence electrons. The predicted octanol–water partition coefficient (Wildman–Crippen LogP) is 4.35. The van der Waals surface area contributed by atoms with Crippen molar-refractivity contribution in [2.45, 2.75) is 25.4 Å². The lowest BCUT2D eigenvalue weighted by Gasteiger charge is -2.16. The van der Waals surface area contributed by atoms with Crippen LogP contribution in [0.15, 0.2) is 33.2 Å². The number of benzene rings is 1. The maximum atomic E-state index is 5.97. The minimum atomic E-state index is 0.332. The number of fused-ring (bicyclic) bond motifs is 1. The first kappa shape index (κ1) is 12.6. The average Bonchev–Trinajstić information content (AvgIpc) is 2.63. The van der Waals surface area contributed by atoms with Gasteiger partial charge >= 0.3 is 0 Å². The molecule has 0 aliphatic carbocycles. The fourth-order valence-corrected chi connectivity index (χ4v) is 3.87. The summed E-state index contributed by atoms with van der Waals surface area (Å²) in [5.41, 5.74) is 0.969. The second-order valence-electron chi connectivity index (χ2n) is 4.81. The number of hydrogen-bond donors (Lipinski definition) is 1. The van der Waals surface area contributed by atoms with E-state index in [-0.39, 0.29) is 0 Å². The van der Waals surface area contributed by atoms with Crippen LogP contribution in [0, 0.1) is 0 Å². The Bertz CT molecular complexity index is 554. The van der Waals surface area contributed by atoms with Crippen LogP contribution in [-0.4, -0.2) is 17.5 Å². The first-order valence-electron chi connectivity index (χ1n) is 6.25. The van der Waals surface area contributed by atoms with Crippen molar-refractivity contribution in [2.24, 2.45) is 0 Å². The Morgan fingerprint density at radius 1 is 1.39 bits per heavy atom. The number of halogens is 1. The van der Waals surface area contributed by atoms with Gasteiger partial charge in [-0.25, -0.2) is 0 Å². The summed E-state index contributed by atoms with van der Waals surface area (Å²) in [7, 11) is 0. The van der Waals surface area contributed by atoms with E-state index in [1.165, 1.54) is 17.6 Å². The van der Waals surface area contributed by atoms with Crippen molar-refractivity contribution in [3.63, 3.8) is 0 Å². The lowest BCUT2D eigenvalue weighted by Crippen LogP contribution is -2.29. The Kier molecular flexibility index (Phi) is 3.68. The highest BCUT2D eigenvalue weighted by molar-refractivity contribution is 9.10. The summed E-state index contributed by atoms with van der Waals surface area (Å²) in [6, 6.07) is 9.21. The van der Waals surface area contributed by atoms with E-state index in [0.717, 1.165) is 21.6 Å². The smallest absolute Gasteiger partial charge is 0.134 e. The molecule has 0 radical (unpaired) electrons. The summed E-state index contributed by atoms with van der Waals surface area (Å²) in [5.74, 6) is 3.38. The molecule has 2 heterocycles. The van der Waals surface area contributed by atoms with Gasteiger partial charge in [0.05, 0.1) is 6.04 Å². The first-order valence-corrected chi connectivity index (χ1v) is 8.20. The van der Waals surface area contributed by atoms with Crippen molar-refractivity contribution in [2.75, 3.05) is 11.5 Å². The van der Waals surface area contributed by atoms with E-state index < -0.39 is 0 Å². The molecule has 2 atom stereocenters. The van der Waals surface area contributed by atoms with Crippen LogP contribution >= 0.6 is 27.7 Å². The van der Waals surface area contributed by atoms with Crippen LogP contribution in [0.1, 0.15) is 25.1 Å². The maximum absolute atomic E-state index is 5.97. The zero-order valence-corrected chi connectivity index (χ0v) is 12.7. The number of rotatable bonds is 1. The number of thioether (sulfide) groups is 1. The summed E-state index contributed by atoms with van der Waals surface area (Å²) in [4.78, 5) is 0. The molecule has 1 fully saturated rings. The molecule has 1 aromatic heterocycles. The molecule has 1 aliphatic heterocycles. The minimum Gasteiger partial charge on any atom is -0.459 e. The van der Waals surface area contributed by atoms with Gasteiger partial charge in [-0.1, -0.05) is 15.9 Å². The lowest BCUT2D eigenvalue weighted by atomic mass is 10.2. The molecule has 4 heteroatoms. The topological polar surface area (TPSA) is 25.2 Å². The summed E-state index contributed by atoms with van der Waals surface area (Å²) >= 11 is 5.50. The van der Waals surface area contributed by atoms with Crippen molar-refractivity contribution >= 4 is 38.7 Å². The molecule has 0 spiro atoms. The maximum Gasteiger partial charge on any atom is 0.134 e. The highest BCUT2D eigenvalue weighted by Gasteiger charge is 2.21. The largest absolute Gasteiger partial charge is 0.459 e. The van der Waals surface area contributed by atoms with Gasteiger partial charge in [-0.3, -0.25) is 0 Å². The second-order valence-corrected chi connectivity index (χ2v) is 6.88. The summed E-state index contributed by atoms with van der Waals surface area (Å²) in [6.07, 6.45) is 1.23. The fraction of sp³-hybridized carbons (Fsp3) is 0.429. The molecule has 1 aliphatic rings. The first-order chi connectivity index (χ1) is 8.72. The third-order valence-corrected chi connectivity index (χ3v) is 4.89. The van der Waals surface area contributed by atoms with Crippen LogP contribution < -0.4 is 5.32 Å². The molecule has 2 unspecified atom stereocenters. The van der Waals surface area contributed by atoms with E-state index in [0.29, 0.717) is 12.1 Å². The Labute approximate surface area is 120 Å². The molecule has 1 saturated heterocycles. The highest BCUT2D eigenvalue weighted by atomic mass is 79.9. The molecule has 3 rings (SSSR count). The van der Waals surface area contributed by atoms with Crippen molar-refractivity contribution in [1.82, 2.24) is 5.32 Å². The van der Waals surface area contributed by atoms with Gasteiger partial charge in [0.2, 0.25) is 0 Å². The normalized spacial score (nSPS) is 25.2. The van der Waals surface area contributed by atoms with Gasteiger partial charge in [-0.2, -0.15) is 11.8 Å². The zero-order valence-electron chi connectivity index (χ0n) is 10.3. The van der Waals surface area contributed by atoms with Gasteiger partial charge in [0.25, 0.3) is 0 Å². The average molecular weight is 326 g/mol. The predicted molar refractivity (Wildman–Crippen MR) is 81.2 cm³/mol. The van der Waals surface area contributed by atoms with Crippen LogP contribution in [0.2, 0.25) is 0 Å². The fourth-order valence-electron chi connectivity index (χ4n) is 2.31. The lowest BCUT2D eigenvalue weighted by molar-refractivity contribution is 0.417. The van der Waals surface area contributed by atoms with Gasteiger partial charge < -0.3 is 9.73 Å². The van der Waals surface area contributed by atoms with E-state index in [4.69, 9.17) is 4.42 Å². The molecule has 0 saturated carbocycles. The summed E-state index contributed by atoms with van der Waals surface area (Å²) in [5, 5.41) is 4.81. The quantitative estimate of drug-likeness (QED) is 0.843. The Balaban J connectivity index is 1.93. The third kappa shape index (κ3) is 2.60. The molecule has 1 N–H and O–H groups in total. The van der Waals surface area contributed by atoms with Crippen LogP contribution in [0.25, 0.3) is 11.0 Å². The number of furan rings is 1. The van der Waals surface area contributed by atoms with Crippen molar-refractivity contribution in [1.29, 1.82) is 0 Å². The molecule has 0 bridgehead atoms. The van der Waals surface area contributed by atoms with E-state index in [9.17, 15) is 0 Å². The van der Waals surface area contributed by atoms with Crippen molar-refractivity contribution in [3.05, 3.63) is 34.5 Å². The van der Waals surface area contributed by atoms with Crippen LogP contribution in [0.5, 0.6) is 0 Å². The van der Waals surface area contributed by atoms with Crippen LogP contribution in [0.3, 0.4) is 0 Å². The molecular formula is C14H16BrNOS. The monoisotopic (exact) mass is 325 g/mol. The van der Waals surface area contributed by atoms with Gasteiger partial charge in [-0.05, 0) is 43.4 Å². The Morgan fingerprint density at radius 2 is 2.28 bits per heavy atom. The summed E-state index contributed by atoms with van der Waals surface area (Å²) in [6.45, 7) is 2.25. The second kappa shape index (κ2) is 5.27. The summed E-state index contributed by atoms with van der Waals surface area (Å²) < 4.78 is 7.07. The minimum absolute atomic E-state index is 0.332. The molecule has 2 aromatic rings. The highest BCUT2D eigenvalue weighted by Crippen LogP contribution is 2.30. The van der Waals surface area contributed by atoms with E-state index in [1.807, 2.05) is 23.9 Å². The molecule has 0 amide bonds. The number of nitrogens with one attached hydrogen (secondary N) is 1. The van der Waals surface area contributed by atoms with Crippen molar-refractivity contribution < 1.29 is 4.42 Å². The Morgan fingerprint density at radius 3 is 3.17 bits per heavy atom. The molecule has 1 aromatic carbocycles. The van der Waals surface area contributed by atoms with Gasteiger partial charge in [0.1, 0.15) is 11.3 Å². The van der Waals surface area contributed by atoms with E-state index in [2.05, 4.69) is 40.3 Å². The van der Waals surface area contributed by atoms with E-state index >= 15 is 0 Å². The molecule has 18 heavy (non-hydrogen) atoms. The zero-order chi connectivity index (χ0) is 12.5. The van der Waals surface area contributed by atoms with Crippen LogP contribution in [0.4, 0.5) is 0 Å². The van der Waals surface area contributed by atoms with Crippen LogP contribution in [-0.2, 0) is 0 Å². The number of hydrogen-bond acceptors (Lipinski definition) is 3. The molecular weight excluding hydrogens is 310 g/mol. The SMILES string of the molecule is CC1CCSCC(c2cc3cc(Br)ccc3o2)N1. The van der Waals surface area contributed by atoms with E-state index in [1.54, 1.807) is 0 Å². The van der Waals surface area contributed by atoms with Gasteiger partial charge in [0, 0.05) is 21.7 Å². The van der Waals surface area contributed by atoms with Gasteiger partial charge in [0.15, 0.2) is 0 Å². The molecule has 2 nitrogen and oxygen atoms in total. The van der Waals surface area contributed by atoms with Crippen molar-refractivity contribution in [3.8, 4) is 0 Å². The Hall–Kier alpha value is -0.450. The standard InChI is InChI=1S/C14H16BrNOS/c1-9-4-5-18-8-12(16-9)14-7-10-6-11(15)2-3-13(10)17-14/h2-3,6-7,9,12,16H,4-5,8H2,1H3. The third-order valence-electron chi connectivity index (χ3n) is 3.31. The van der Waals surface area contributed by atoms with Gasteiger partial charge in [-0.15, -0.1) is 0 Å².